The van der Waals surface area contributed by atoms with Crippen molar-refractivity contribution in [2.75, 3.05) is 13.6 Å². The predicted molar refractivity (Wildman–Crippen MR) is 73.8 cm³/mol. The van der Waals surface area contributed by atoms with Gasteiger partial charge in [-0.25, -0.2) is 4.79 Å². The Labute approximate surface area is 115 Å². The summed E-state index contributed by atoms with van der Waals surface area (Å²) in [6, 6.07) is 0. The maximum Gasteiger partial charge on any atom is 0.407 e. The molecule has 0 unspecified atom stereocenters. The molecule has 0 aromatic rings. The van der Waals surface area contributed by atoms with E-state index in [1.807, 2.05) is 20.8 Å². The van der Waals surface area contributed by atoms with Gasteiger partial charge in [-0.3, -0.25) is 4.79 Å². The molecule has 0 saturated heterocycles. The molecule has 1 saturated carbocycles. The Morgan fingerprint density at radius 3 is 2.21 bits per heavy atom. The van der Waals surface area contributed by atoms with Gasteiger partial charge in [0.2, 0.25) is 5.91 Å². The third-order valence-electron chi connectivity index (χ3n) is 3.40. The summed E-state index contributed by atoms with van der Waals surface area (Å²) in [5.74, 6) is 0.731. The summed E-state index contributed by atoms with van der Waals surface area (Å²) >= 11 is 0. The van der Waals surface area contributed by atoms with Gasteiger partial charge in [0.05, 0.1) is 0 Å². The number of hydrogen-bond acceptors (Lipinski definition) is 3. The highest BCUT2D eigenvalue weighted by molar-refractivity contribution is 5.78. The van der Waals surface area contributed by atoms with Gasteiger partial charge in [-0.1, -0.05) is 0 Å². The van der Waals surface area contributed by atoms with Gasteiger partial charge in [0.1, 0.15) is 5.60 Å². The van der Waals surface area contributed by atoms with Gasteiger partial charge in [-0.2, -0.15) is 0 Å². The van der Waals surface area contributed by atoms with Gasteiger partial charge in [0, 0.05) is 19.5 Å². The first-order chi connectivity index (χ1) is 8.81. The van der Waals surface area contributed by atoms with E-state index >= 15 is 0 Å². The quantitative estimate of drug-likeness (QED) is 0.825. The van der Waals surface area contributed by atoms with Gasteiger partial charge in [0.15, 0.2) is 0 Å². The van der Waals surface area contributed by atoms with E-state index in [1.165, 1.54) is 0 Å². The maximum atomic E-state index is 11.5. The van der Waals surface area contributed by atoms with Crippen molar-refractivity contribution in [1.29, 1.82) is 0 Å². The summed E-state index contributed by atoms with van der Waals surface area (Å²) in [4.78, 5) is 23.0. The first-order valence-corrected chi connectivity index (χ1v) is 7.00. The number of hydrogen-bond donors (Lipinski definition) is 2. The van der Waals surface area contributed by atoms with Crippen molar-refractivity contribution < 1.29 is 14.3 Å². The normalized spacial score (nSPS) is 23.6. The van der Waals surface area contributed by atoms with Gasteiger partial charge in [-0.15, -0.1) is 0 Å². The summed E-state index contributed by atoms with van der Waals surface area (Å²) in [7, 11) is 1.68. The Morgan fingerprint density at radius 2 is 1.74 bits per heavy atom. The van der Waals surface area contributed by atoms with Crippen LogP contribution in [-0.2, 0) is 9.53 Å². The molecule has 5 heteroatoms. The zero-order valence-electron chi connectivity index (χ0n) is 12.4. The van der Waals surface area contributed by atoms with E-state index in [9.17, 15) is 9.59 Å². The van der Waals surface area contributed by atoms with Crippen molar-refractivity contribution in [3.05, 3.63) is 0 Å². The van der Waals surface area contributed by atoms with Crippen LogP contribution in [0.1, 0.15) is 46.5 Å². The summed E-state index contributed by atoms with van der Waals surface area (Å²) in [5.41, 5.74) is -0.457. The molecule has 0 radical (unpaired) electrons. The molecule has 0 aliphatic heterocycles. The van der Waals surface area contributed by atoms with Crippen LogP contribution in [-0.4, -0.2) is 31.2 Å². The predicted octanol–water partition coefficient (Wildman–Crippen LogP) is 2.06. The molecular weight excluding hydrogens is 244 g/mol. The zero-order valence-corrected chi connectivity index (χ0v) is 12.4. The van der Waals surface area contributed by atoms with E-state index in [2.05, 4.69) is 10.6 Å². The third kappa shape index (κ3) is 5.94. The molecule has 1 aliphatic carbocycles. The van der Waals surface area contributed by atoms with Crippen LogP contribution in [0.3, 0.4) is 0 Å². The molecule has 0 bridgehead atoms. The molecule has 2 N–H and O–H groups in total. The minimum Gasteiger partial charge on any atom is -0.444 e. The average molecular weight is 270 g/mol. The van der Waals surface area contributed by atoms with Crippen molar-refractivity contribution in [2.24, 2.45) is 11.8 Å². The van der Waals surface area contributed by atoms with Crippen molar-refractivity contribution in [2.45, 2.75) is 52.1 Å². The maximum absolute atomic E-state index is 11.5. The number of carbonyl (C=O) groups excluding carboxylic acids is 2. The topological polar surface area (TPSA) is 67.4 Å². The second-order valence-corrected chi connectivity index (χ2v) is 6.21. The van der Waals surface area contributed by atoms with E-state index in [0.717, 1.165) is 25.7 Å². The minimum atomic E-state index is -0.457. The van der Waals surface area contributed by atoms with Crippen molar-refractivity contribution in [3.8, 4) is 0 Å². The Kier molecular flexibility index (Phi) is 5.63. The molecule has 2 amide bonds. The van der Waals surface area contributed by atoms with Gasteiger partial charge in [0.25, 0.3) is 0 Å². The van der Waals surface area contributed by atoms with Crippen molar-refractivity contribution in [3.63, 3.8) is 0 Å². The number of ether oxygens (including phenoxy) is 1. The monoisotopic (exact) mass is 270 g/mol. The number of nitrogens with one attached hydrogen (secondary N) is 2. The van der Waals surface area contributed by atoms with Gasteiger partial charge < -0.3 is 15.4 Å². The second-order valence-electron chi connectivity index (χ2n) is 6.21. The lowest BCUT2D eigenvalue weighted by atomic mass is 9.81. The van der Waals surface area contributed by atoms with Crippen molar-refractivity contribution in [1.82, 2.24) is 10.6 Å². The van der Waals surface area contributed by atoms with E-state index in [1.54, 1.807) is 7.05 Å². The summed E-state index contributed by atoms with van der Waals surface area (Å²) in [6.07, 6.45) is 3.41. The summed E-state index contributed by atoms with van der Waals surface area (Å²) in [6.45, 7) is 6.18. The smallest absolute Gasteiger partial charge is 0.407 e. The minimum absolute atomic E-state index is 0.138. The molecule has 19 heavy (non-hydrogen) atoms. The van der Waals surface area contributed by atoms with Crippen LogP contribution < -0.4 is 10.6 Å². The fourth-order valence-electron chi connectivity index (χ4n) is 2.37. The molecule has 0 aromatic carbocycles. The van der Waals surface area contributed by atoms with E-state index < -0.39 is 5.60 Å². The summed E-state index contributed by atoms with van der Waals surface area (Å²) < 4.78 is 5.19. The lowest BCUT2D eigenvalue weighted by Crippen LogP contribution is -2.37. The molecular formula is C14H26N2O3. The van der Waals surface area contributed by atoms with Crippen LogP contribution in [0.4, 0.5) is 4.79 Å². The Balaban J connectivity index is 2.23. The van der Waals surface area contributed by atoms with Crippen LogP contribution in [0.5, 0.6) is 0 Å². The van der Waals surface area contributed by atoms with Gasteiger partial charge in [-0.05, 0) is 52.4 Å². The Hall–Kier alpha value is -1.26. The number of alkyl carbamates (subject to hydrolysis) is 1. The van der Waals surface area contributed by atoms with E-state index in [-0.39, 0.29) is 17.9 Å². The van der Waals surface area contributed by atoms with E-state index in [4.69, 9.17) is 4.74 Å². The highest BCUT2D eigenvalue weighted by Gasteiger charge is 2.26. The molecule has 1 aliphatic rings. The second kappa shape index (κ2) is 6.78. The molecule has 0 spiro atoms. The zero-order chi connectivity index (χ0) is 14.5. The van der Waals surface area contributed by atoms with Crippen LogP contribution >= 0.6 is 0 Å². The standard InChI is InChI=1S/C14H26N2O3/c1-14(2,3)19-13(18)16-9-10-5-7-11(8-6-10)12(17)15-4/h10-11H,5-9H2,1-4H3,(H,15,17)(H,16,18)/t10-,11-. The largest absolute Gasteiger partial charge is 0.444 e. The fraction of sp³-hybridized carbons (Fsp3) is 0.857. The number of carbonyl (C=O) groups is 2. The molecule has 1 fully saturated rings. The van der Waals surface area contributed by atoms with E-state index in [0.29, 0.717) is 12.5 Å². The molecule has 5 nitrogen and oxygen atoms in total. The average Bonchev–Trinajstić information content (AvgIpc) is 2.34. The first kappa shape index (κ1) is 15.8. The fourth-order valence-corrected chi connectivity index (χ4v) is 2.37. The summed E-state index contributed by atoms with van der Waals surface area (Å²) in [5, 5.41) is 5.50. The first-order valence-electron chi connectivity index (χ1n) is 7.00. The Bertz CT molecular complexity index is 315. The SMILES string of the molecule is CNC(=O)[C@H]1CC[C@H](CNC(=O)OC(C)(C)C)CC1. The Morgan fingerprint density at radius 1 is 1.16 bits per heavy atom. The number of rotatable bonds is 3. The highest BCUT2D eigenvalue weighted by atomic mass is 16.6. The van der Waals surface area contributed by atoms with Crippen LogP contribution in [0.25, 0.3) is 0 Å². The molecule has 1 rings (SSSR count). The van der Waals surface area contributed by atoms with Crippen molar-refractivity contribution >= 4 is 12.0 Å². The molecule has 0 atom stereocenters. The number of amides is 2. The van der Waals surface area contributed by atoms with Crippen LogP contribution in [0.15, 0.2) is 0 Å². The lowest BCUT2D eigenvalue weighted by molar-refractivity contribution is -0.125. The molecule has 110 valence electrons. The lowest BCUT2D eigenvalue weighted by Gasteiger charge is -2.28. The third-order valence-corrected chi connectivity index (χ3v) is 3.40. The van der Waals surface area contributed by atoms with Gasteiger partial charge >= 0.3 is 6.09 Å². The molecule has 0 heterocycles. The highest BCUT2D eigenvalue weighted by Crippen LogP contribution is 2.28. The van der Waals surface area contributed by atoms with Crippen LogP contribution in [0, 0.1) is 11.8 Å². The molecule has 0 aromatic heterocycles. The van der Waals surface area contributed by atoms with Crippen LogP contribution in [0.2, 0.25) is 0 Å².